The summed E-state index contributed by atoms with van der Waals surface area (Å²) in [5.41, 5.74) is 8.06. The number of primary amides is 1. The SMILES string of the molecule is CN=C(NCc1cccc(OCC(N)=O)c1)NCC1CC(=O)Nc2ccccc21.I. The smallest absolute Gasteiger partial charge is 0.255 e. The number of hydrogen-bond donors (Lipinski definition) is 4. The molecule has 0 bridgehead atoms. The molecule has 1 aliphatic rings. The number of guanidine groups is 1. The van der Waals surface area contributed by atoms with Gasteiger partial charge in [0.05, 0.1) is 0 Å². The van der Waals surface area contributed by atoms with Gasteiger partial charge in [-0.15, -0.1) is 24.0 Å². The summed E-state index contributed by atoms with van der Waals surface area (Å²) in [6.45, 7) is 0.956. The van der Waals surface area contributed by atoms with Crippen LogP contribution in [0.15, 0.2) is 53.5 Å². The first-order chi connectivity index (χ1) is 14.0. The average molecular weight is 523 g/mol. The Bertz CT molecular complexity index is 919. The summed E-state index contributed by atoms with van der Waals surface area (Å²) in [5.74, 6) is 0.791. The van der Waals surface area contributed by atoms with Crippen molar-refractivity contribution in [3.8, 4) is 5.75 Å². The number of nitrogens with zero attached hydrogens (tertiary/aromatic N) is 1. The second kappa shape index (κ2) is 11.4. The molecule has 8 nitrogen and oxygen atoms in total. The summed E-state index contributed by atoms with van der Waals surface area (Å²) < 4.78 is 5.33. The normalized spacial score (nSPS) is 15.3. The Morgan fingerprint density at radius 3 is 2.80 bits per heavy atom. The Labute approximate surface area is 192 Å². The van der Waals surface area contributed by atoms with E-state index in [4.69, 9.17) is 10.5 Å². The maximum absolute atomic E-state index is 12.0. The van der Waals surface area contributed by atoms with E-state index in [2.05, 4.69) is 20.9 Å². The topological polar surface area (TPSA) is 118 Å². The van der Waals surface area contributed by atoms with Crippen molar-refractivity contribution in [3.05, 3.63) is 59.7 Å². The largest absolute Gasteiger partial charge is 0.484 e. The predicted molar refractivity (Wildman–Crippen MR) is 127 cm³/mol. The number of fused-ring (bicyclic) bond motifs is 1. The van der Waals surface area contributed by atoms with Crippen molar-refractivity contribution >= 4 is 47.4 Å². The third kappa shape index (κ3) is 6.61. The molecule has 1 heterocycles. The fourth-order valence-corrected chi connectivity index (χ4v) is 3.21. The third-order valence-corrected chi connectivity index (χ3v) is 4.59. The lowest BCUT2D eigenvalue weighted by Gasteiger charge is -2.26. The van der Waals surface area contributed by atoms with Crippen LogP contribution < -0.4 is 26.4 Å². The molecule has 0 aliphatic carbocycles. The molecule has 160 valence electrons. The molecule has 2 amide bonds. The predicted octanol–water partition coefficient (Wildman–Crippen LogP) is 1.96. The van der Waals surface area contributed by atoms with Crippen molar-refractivity contribution in [2.75, 3.05) is 25.5 Å². The first-order valence-electron chi connectivity index (χ1n) is 9.38. The van der Waals surface area contributed by atoms with E-state index in [9.17, 15) is 9.59 Å². The third-order valence-electron chi connectivity index (χ3n) is 4.59. The Balaban J connectivity index is 0.00000320. The zero-order valence-electron chi connectivity index (χ0n) is 16.7. The van der Waals surface area contributed by atoms with E-state index >= 15 is 0 Å². The van der Waals surface area contributed by atoms with Crippen molar-refractivity contribution in [1.29, 1.82) is 0 Å². The van der Waals surface area contributed by atoms with Crippen LogP contribution in [0.5, 0.6) is 5.75 Å². The molecule has 1 aliphatic heterocycles. The minimum Gasteiger partial charge on any atom is -0.484 e. The van der Waals surface area contributed by atoms with Gasteiger partial charge >= 0.3 is 0 Å². The van der Waals surface area contributed by atoms with Crippen LogP contribution in [-0.2, 0) is 16.1 Å². The Morgan fingerprint density at radius 2 is 2.03 bits per heavy atom. The number of halogens is 1. The van der Waals surface area contributed by atoms with Crippen LogP contribution in [0.25, 0.3) is 0 Å². The van der Waals surface area contributed by atoms with Gasteiger partial charge in [-0.3, -0.25) is 14.6 Å². The molecule has 0 saturated heterocycles. The highest BCUT2D eigenvalue weighted by molar-refractivity contribution is 14.0. The van der Waals surface area contributed by atoms with Crippen molar-refractivity contribution in [3.63, 3.8) is 0 Å². The first kappa shape index (κ1) is 23.5. The number of hydrogen-bond acceptors (Lipinski definition) is 4. The highest BCUT2D eigenvalue weighted by Gasteiger charge is 2.24. The summed E-state index contributed by atoms with van der Waals surface area (Å²) in [7, 11) is 1.70. The van der Waals surface area contributed by atoms with E-state index in [-0.39, 0.29) is 42.4 Å². The highest BCUT2D eigenvalue weighted by Crippen LogP contribution is 2.31. The lowest BCUT2D eigenvalue weighted by atomic mass is 9.90. The zero-order chi connectivity index (χ0) is 20.6. The average Bonchev–Trinajstić information content (AvgIpc) is 2.72. The van der Waals surface area contributed by atoms with E-state index in [0.717, 1.165) is 16.8 Å². The molecule has 0 radical (unpaired) electrons. The zero-order valence-corrected chi connectivity index (χ0v) is 19.0. The van der Waals surface area contributed by atoms with E-state index in [1.807, 2.05) is 42.5 Å². The van der Waals surface area contributed by atoms with Gasteiger partial charge in [-0.25, -0.2) is 0 Å². The second-order valence-electron chi connectivity index (χ2n) is 6.75. The van der Waals surface area contributed by atoms with Crippen LogP contribution >= 0.6 is 24.0 Å². The van der Waals surface area contributed by atoms with E-state index in [1.165, 1.54) is 0 Å². The molecule has 2 aromatic rings. The van der Waals surface area contributed by atoms with Crippen molar-refractivity contribution < 1.29 is 14.3 Å². The minimum atomic E-state index is -0.518. The molecular weight excluding hydrogens is 497 g/mol. The van der Waals surface area contributed by atoms with Gasteiger partial charge in [0, 0.05) is 38.2 Å². The Kier molecular flexibility index (Phi) is 8.90. The van der Waals surface area contributed by atoms with Crippen molar-refractivity contribution in [2.45, 2.75) is 18.9 Å². The molecule has 3 rings (SSSR count). The number of nitrogens with two attached hydrogens (primary N) is 1. The van der Waals surface area contributed by atoms with Gasteiger partial charge in [-0.1, -0.05) is 30.3 Å². The molecule has 0 spiro atoms. The van der Waals surface area contributed by atoms with E-state index in [0.29, 0.717) is 31.2 Å². The second-order valence-corrected chi connectivity index (χ2v) is 6.75. The monoisotopic (exact) mass is 523 g/mol. The number of nitrogens with one attached hydrogen (secondary N) is 3. The van der Waals surface area contributed by atoms with Gasteiger partial charge in [-0.2, -0.15) is 0 Å². The maximum Gasteiger partial charge on any atom is 0.255 e. The molecule has 1 atom stereocenters. The fourth-order valence-electron chi connectivity index (χ4n) is 3.21. The number of aliphatic imine (C=N–C) groups is 1. The van der Waals surface area contributed by atoms with Crippen LogP contribution in [0.4, 0.5) is 5.69 Å². The molecule has 9 heteroatoms. The number of ether oxygens (including phenoxy) is 1. The van der Waals surface area contributed by atoms with Crippen LogP contribution in [0.1, 0.15) is 23.5 Å². The molecule has 2 aromatic carbocycles. The molecule has 0 aromatic heterocycles. The van der Waals surface area contributed by atoms with Crippen LogP contribution in [0.2, 0.25) is 0 Å². The molecule has 30 heavy (non-hydrogen) atoms. The number of carbonyl (C=O) groups is 2. The molecule has 0 fully saturated rings. The maximum atomic E-state index is 12.0. The van der Waals surface area contributed by atoms with Crippen LogP contribution in [-0.4, -0.2) is 38.0 Å². The van der Waals surface area contributed by atoms with E-state index < -0.39 is 5.91 Å². The van der Waals surface area contributed by atoms with E-state index in [1.54, 1.807) is 13.1 Å². The number of carbonyl (C=O) groups excluding carboxylic acids is 2. The molecule has 0 saturated carbocycles. The van der Waals surface area contributed by atoms with Gasteiger partial charge in [0.1, 0.15) is 5.75 Å². The number of benzene rings is 2. The minimum absolute atomic E-state index is 0. The summed E-state index contributed by atoms with van der Waals surface area (Å²) >= 11 is 0. The standard InChI is InChI=1S/C21H25N5O3.HI/c1-23-21(24-11-14-5-4-6-16(9-14)29-13-19(22)27)25-12-15-10-20(28)26-18-8-3-2-7-17(15)18;/h2-9,15H,10-13H2,1H3,(H2,22,27)(H,26,28)(H2,23,24,25);1H. The summed E-state index contributed by atoms with van der Waals surface area (Å²) in [4.78, 5) is 27.1. The summed E-state index contributed by atoms with van der Waals surface area (Å²) in [6, 6.07) is 15.2. The number of amides is 2. The van der Waals surface area contributed by atoms with Crippen LogP contribution in [0, 0.1) is 0 Å². The summed E-state index contributed by atoms with van der Waals surface area (Å²) in [5, 5.41) is 9.44. The summed E-state index contributed by atoms with van der Waals surface area (Å²) in [6.07, 6.45) is 0.431. The van der Waals surface area contributed by atoms with Gasteiger partial charge in [-0.05, 0) is 29.3 Å². The lowest BCUT2D eigenvalue weighted by molar-refractivity contribution is -0.120. The van der Waals surface area contributed by atoms with Crippen molar-refractivity contribution in [2.24, 2.45) is 10.7 Å². The van der Waals surface area contributed by atoms with Gasteiger partial charge < -0.3 is 26.4 Å². The van der Waals surface area contributed by atoms with Crippen molar-refractivity contribution in [1.82, 2.24) is 10.6 Å². The Morgan fingerprint density at radius 1 is 1.23 bits per heavy atom. The quantitative estimate of drug-likeness (QED) is 0.252. The molecule has 1 unspecified atom stereocenters. The number of anilines is 1. The van der Waals surface area contributed by atoms with Gasteiger partial charge in [0.15, 0.2) is 12.6 Å². The molecule has 5 N–H and O–H groups in total. The van der Waals surface area contributed by atoms with Gasteiger partial charge in [0.2, 0.25) is 5.91 Å². The molecular formula is C21H26IN5O3. The number of para-hydroxylation sites is 1. The fraction of sp³-hybridized carbons (Fsp3) is 0.286. The first-order valence-corrected chi connectivity index (χ1v) is 9.38. The van der Waals surface area contributed by atoms with Gasteiger partial charge in [0.25, 0.3) is 5.91 Å². The van der Waals surface area contributed by atoms with Crippen LogP contribution in [0.3, 0.4) is 0 Å². The lowest BCUT2D eigenvalue weighted by Crippen LogP contribution is -2.40. The highest BCUT2D eigenvalue weighted by atomic mass is 127. The number of rotatable bonds is 7. The Hall–Kier alpha value is -2.82.